The first-order valence-corrected chi connectivity index (χ1v) is 9.46. The Morgan fingerprint density at radius 2 is 1.93 bits per heavy atom. The Morgan fingerprint density at radius 3 is 2.74 bits per heavy atom. The molecule has 0 radical (unpaired) electrons. The van der Waals surface area contributed by atoms with Crippen LogP contribution >= 0.6 is 22.9 Å². The zero-order valence-electron chi connectivity index (χ0n) is 14.2. The monoisotopic (exact) mass is 396 g/mol. The molecule has 0 aliphatic rings. The van der Waals surface area contributed by atoms with Gasteiger partial charge in [-0.1, -0.05) is 41.1 Å². The van der Waals surface area contributed by atoms with Gasteiger partial charge in [0.15, 0.2) is 10.8 Å². The van der Waals surface area contributed by atoms with Gasteiger partial charge in [0.1, 0.15) is 17.9 Å². The molecule has 0 fully saturated rings. The molecule has 2 aromatic carbocycles. The number of para-hydroxylation sites is 1. The zero-order valence-corrected chi connectivity index (χ0v) is 15.8. The van der Waals surface area contributed by atoms with Crippen molar-refractivity contribution in [3.05, 3.63) is 64.1 Å². The molecule has 5 aromatic rings. The van der Waals surface area contributed by atoms with Gasteiger partial charge in [-0.05, 0) is 37.3 Å². The molecule has 8 heteroatoms. The van der Waals surface area contributed by atoms with E-state index in [2.05, 4.69) is 15.3 Å². The Bertz CT molecular complexity index is 1260. The number of benzene rings is 2. The van der Waals surface area contributed by atoms with Crippen molar-refractivity contribution in [2.24, 2.45) is 0 Å². The normalized spacial score (nSPS) is 11.5. The Labute approximate surface area is 163 Å². The van der Waals surface area contributed by atoms with Crippen LogP contribution in [0.5, 0.6) is 5.75 Å². The van der Waals surface area contributed by atoms with E-state index in [1.54, 1.807) is 16.6 Å². The smallest absolute Gasteiger partial charge is 0.235 e. The van der Waals surface area contributed by atoms with Gasteiger partial charge in [-0.15, -0.1) is 10.2 Å². The molecule has 0 N–H and O–H groups in total. The molecule has 0 spiro atoms. The van der Waals surface area contributed by atoms with Gasteiger partial charge < -0.3 is 9.15 Å². The summed E-state index contributed by atoms with van der Waals surface area (Å²) in [7, 11) is 0. The first kappa shape index (κ1) is 16.3. The molecule has 0 amide bonds. The van der Waals surface area contributed by atoms with Gasteiger partial charge in [-0.2, -0.15) is 9.61 Å². The first-order chi connectivity index (χ1) is 13.2. The van der Waals surface area contributed by atoms with Gasteiger partial charge in [0.05, 0.1) is 0 Å². The molecular weight excluding hydrogens is 384 g/mol. The van der Waals surface area contributed by atoms with Crippen LogP contribution in [0.3, 0.4) is 0 Å². The maximum Gasteiger partial charge on any atom is 0.235 e. The number of aryl methyl sites for hydroxylation is 1. The summed E-state index contributed by atoms with van der Waals surface area (Å²) in [6, 6.07) is 15.1. The summed E-state index contributed by atoms with van der Waals surface area (Å²) in [4.78, 5) is 0.694. The van der Waals surface area contributed by atoms with Gasteiger partial charge in [-0.25, -0.2) is 0 Å². The van der Waals surface area contributed by atoms with E-state index in [-0.39, 0.29) is 0 Å². The Balaban J connectivity index is 1.47. The van der Waals surface area contributed by atoms with Crippen molar-refractivity contribution in [1.82, 2.24) is 19.8 Å². The highest BCUT2D eigenvalue weighted by molar-refractivity contribution is 7.16. The van der Waals surface area contributed by atoms with Crippen LogP contribution in [0, 0.1) is 6.92 Å². The minimum absolute atomic E-state index is 0.341. The molecule has 0 saturated carbocycles. The molecular formula is C19H13ClN4O2S. The van der Waals surface area contributed by atoms with Crippen LogP contribution in [-0.4, -0.2) is 19.8 Å². The van der Waals surface area contributed by atoms with Crippen LogP contribution in [0.15, 0.2) is 52.9 Å². The van der Waals surface area contributed by atoms with Crippen molar-refractivity contribution in [2.75, 3.05) is 0 Å². The number of nitrogens with zero attached hydrogens (tertiary/aromatic N) is 4. The summed E-state index contributed by atoms with van der Waals surface area (Å²) in [5.74, 6) is 2.01. The summed E-state index contributed by atoms with van der Waals surface area (Å²) < 4.78 is 13.5. The minimum atomic E-state index is 0.341. The average molecular weight is 397 g/mol. The fourth-order valence-electron chi connectivity index (χ4n) is 2.92. The molecule has 27 heavy (non-hydrogen) atoms. The molecule has 134 valence electrons. The van der Waals surface area contributed by atoms with E-state index in [0.717, 1.165) is 27.3 Å². The van der Waals surface area contributed by atoms with Gasteiger partial charge >= 0.3 is 0 Å². The summed E-state index contributed by atoms with van der Waals surface area (Å²) in [6.07, 6.45) is 0. The fraction of sp³-hybridized carbons (Fsp3) is 0.105. The third-order valence-electron chi connectivity index (χ3n) is 4.26. The molecule has 0 atom stereocenters. The third-order valence-corrected chi connectivity index (χ3v) is 5.38. The van der Waals surface area contributed by atoms with Crippen LogP contribution in [0.1, 0.15) is 10.6 Å². The second-order valence-corrected chi connectivity index (χ2v) is 7.49. The van der Waals surface area contributed by atoms with Crippen LogP contribution in [0.2, 0.25) is 5.02 Å². The predicted octanol–water partition coefficient (Wildman–Crippen LogP) is 5.14. The van der Waals surface area contributed by atoms with Crippen molar-refractivity contribution >= 4 is 38.9 Å². The first-order valence-electron chi connectivity index (χ1n) is 8.27. The SMILES string of the molecule is Cc1c(-c2nnc3sc(COc4ccc(Cl)cc4)nn23)oc2ccccc12. The van der Waals surface area contributed by atoms with Crippen molar-refractivity contribution in [1.29, 1.82) is 0 Å². The van der Waals surface area contributed by atoms with Crippen LogP contribution in [0.25, 0.3) is 27.5 Å². The van der Waals surface area contributed by atoms with E-state index < -0.39 is 0 Å². The lowest BCUT2D eigenvalue weighted by molar-refractivity contribution is 0.304. The molecule has 0 bridgehead atoms. The maximum atomic E-state index is 6.00. The zero-order chi connectivity index (χ0) is 18.4. The number of hydrogen-bond donors (Lipinski definition) is 0. The van der Waals surface area contributed by atoms with Gasteiger partial charge in [0.2, 0.25) is 10.8 Å². The molecule has 0 aliphatic heterocycles. The number of fused-ring (bicyclic) bond motifs is 2. The number of rotatable bonds is 4. The van der Waals surface area contributed by atoms with E-state index in [1.807, 2.05) is 43.3 Å². The van der Waals surface area contributed by atoms with Crippen molar-refractivity contribution in [2.45, 2.75) is 13.5 Å². The molecule has 6 nitrogen and oxygen atoms in total. The number of aromatic nitrogens is 4. The highest BCUT2D eigenvalue weighted by atomic mass is 35.5. The fourth-order valence-corrected chi connectivity index (χ4v) is 3.79. The number of ether oxygens (including phenoxy) is 1. The lowest BCUT2D eigenvalue weighted by atomic mass is 10.1. The second kappa shape index (κ2) is 6.37. The van der Waals surface area contributed by atoms with E-state index >= 15 is 0 Å². The van der Waals surface area contributed by atoms with Crippen LogP contribution < -0.4 is 4.74 Å². The lowest BCUT2D eigenvalue weighted by Gasteiger charge is -2.02. The molecule has 3 aromatic heterocycles. The lowest BCUT2D eigenvalue weighted by Crippen LogP contribution is -1.97. The molecule has 5 rings (SSSR count). The van der Waals surface area contributed by atoms with E-state index in [4.69, 9.17) is 20.8 Å². The standard InChI is InChI=1S/C19H13ClN4O2S/c1-11-14-4-2-3-5-15(14)26-17(11)18-21-22-19-24(18)23-16(27-19)10-25-13-8-6-12(20)7-9-13/h2-9H,10H2,1H3. The molecule has 0 aliphatic carbocycles. The topological polar surface area (TPSA) is 65.5 Å². The maximum absolute atomic E-state index is 6.00. The van der Waals surface area contributed by atoms with Crippen molar-refractivity contribution in [3.8, 4) is 17.3 Å². The average Bonchev–Trinajstić information content (AvgIpc) is 3.34. The van der Waals surface area contributed by atoms with Crippen molar-refractivity contribution in [3.63, 3.8) is 0 Å². The molecule has 0 unspecified atom stereocenters. The highest BCUT2D eigenvalue weighted by Gasteiger charge is 2.20. The number of furan rings is 1. The summed E-state index contributed by atoms with van der Waals surface area (Å²) >= 11 is 7.33. The summed E-state index contributed by atoms with van der Waals surface area (Å²) in [5, 5.41) is 15.6. The summed E-state index contributed by atoms with van der Waals surface area (Å²) in [5.41, 5.74) is 1.84. The second-order valence-electron chi connectivity index (χ2n) is 6.01. The quantitative estimate of drug-likeness (QED) is 0.421. The number of hydrogen-bond acceptors (Lipinski definition) is 6. The summed E-state index contributed by atoms with van der Waals surface area (Å²) in [6.45, 7) is 2.35. The number of halogens is 1. The Hall–Kier alpha value is -2.90. The van der Waals surface area contributed by atoms with E-state index in [0.29, 0.717) is 28.2 Å². The highest BCUT2D eigenvalue weighted by Crippen LogP contribution is 2.32. The van der Waals surface area contributed by atoms with E-state index in [1.165, 1.54) is 11.3 Å². The van der Waals surface area contributed by atoms with E-state index in [9.17, 15) is 0 Å². The Kier molecular flexibility index (Phi) is 3.84. The Morgan fingerprint density at radius 1 is 1.11 bits per heavy atom. The van der Waals surface area contributed by atoms with Crippen molar-refractivity contribution < 1.29 is 9.15 Å². The molecule has 3 heterocycles. The van der Waals surface area contributed by atoms with Gasteiger partial charge in [0, 0.05) is 16.0 Å². The molecule has 0 saturated heterocycles. The predicted molar refractivity (Wildman–Crippen MR) is 104 cm³/mol. The van der Waals surface area contributed by atoms with Crippen LogP contribution in [-0.2, 0) is 6.61 Å². The third kappa shape index (κ3) is 2.85. The minimum Gasteiger partial charge on any atom is -0.486 e. The van der Waals surface area contributed by atoms with Crippen LogP contribution in [0.4, 0.5) is 0 Å². The van der Waals surface area contributed by atoms with Gasteiger partial charge in [0.25, 0.3) is 0 Å². The van der Waals surface area contributed by atoms with Gasteiger partial charge in [-0.3, -0.25) is 0 Å². The largest absolute Gasteiger partial charge is 0.486 e.